The first-order valence-electron chi connectivity index (χ1n) is 8.01. The molecule has 6 nitrogen and oxygen atoms in total. The maximum atomic E-state index is 11.9. The van der Waals surface area contributed by atoms with Gasteiger partial charge in [0.1, 0.15) is 11.6 Å². The van der Waals surface area contributed by atoms with Gasteiger partial charge in [-0.15, -0.1) is 0 Å². The van der Waals surface area contributed by atoms with Crippen molar-refractivity contribution in [3.8, 4) is 5.75 Å². The van der Waals surface area contributed by atoms with Crippen LogP contribution in [0.2, 0.25) is 0 Å². The molecule has 0 bridgehead atoms. The summed E-state index contributed by atoms with van der Waals surface area (Å²) >= 11 is 0. The van der Waals surface area contributed by atoms with E-state index in [0.717, 1.165) is 17.1 Å². The molecule has 2 aromatic rings. The molecule has 0 fully saturated rings. The summed E-state index contributed by atoms with van der Waals surface area (Å²) in [6, 6.07) is 8.89. The van der Waals surface area contributed by atoms with Crippen molar-refractivity contribution in [2.75, 3.05) is 11.9 Å². The lowest BCUT2D eigenvalue weighted by atomic mass is 10.2. The molecule has 2 N–H and O–H groups in total. The predicted molar refractivity (Wildman–Crippen MR) is 94.1 cm³/mol. The molecule has 0 saturated carbocycles. The third kappa shape index (κ3) is 5.87. The standard InChI is InChI=1S/C18H24N4O2/c1-12(2)11-24-16-7-5-15(6-8-16)22-18(23)19-10-17-20-13(3)9-14(4)21-17/h5-9,12H,10-11H2,1-4H3,(H2,19,22,23). The van der Waals surface area contributed by atoms with Crippen LogP contribution in [0.25, 0.3) is 0 Å². The van der Waals surface area contributed by atoms with E-state index in [4.69, 9.17) is 4.74 Å². The number of carbonyl (C=O) groups excluding carboxylic acids is 1. The van der Waals surface area contributed by atoms with Crippen LogP contribution < -0.4 is 15.4 Å². The second-order valence-electron chi connectivity index (χ2n) is 6.10. The fraction of sp³-hybridized carbons (Fsp3) is 0.389. The van der Waals surface area contributed by atoms with Crippen molar-refractivity contribution in [2.45, 2.75) is 34.2 Å². The summed E-state index contributed by atoms with van der Waals surface area (Å²) in [6.45, 7) is 8.95. The third-order valence-electron chi connectivity index (χ3n) is 3.13. The number of nitrogens with zero attached hydrogens (tertiary/aromatic N) is 2. The Morgan fingerprint density at radius 1 is 1.12 bits per heavy atom. The van der Waals surface area contributed by atoms with Gasteiger partial charge in [0.05, 0.1) is 13.2 Å². The van der Waals surface area contributed by atoms with Crippen molar-refractivity contribution in [1.29, 1.82) is 0 Å². The number of carbonyl (C=O) groups is 1. The van der Waals surface area contributed by atoms with Gasteiger partial charge in [0.25, 0.3) is 0 Å². The van der Waals surface area contributed by atoms with Gasteiger partial charge < -0.3 is 15.4 Å². The summed E-state index contributed by atoms with van der Waals surface area (Å²) in [4.78, 5) is 20.5. The molecule has 2 rings (SSSR count). The molecule has 0 radical (unpaired) electrons. The zero-order chi connectivity index (χ0) is 17.5. The minimum Gasteiger partial charge on any atom is -0.493 e. The summed E-state index contributed by atoms with van der Waals surface area (Å²) in [6.07, 6.45) is 0. The maximum Gasteiger partial charge on any atom is 0.319 e. The Kier molecular flexibility index (Phi) is 6.12. The molecular weight excluding hydrogens is 304 g/mol. The number of hydrogen-bond donors (Lipinski definition) is 2. The van der Waals surface area contributed by atoms with Crippen LogP contribution in [-0.2, 0) is 6.54 Å². The quantitative estimate of drug-likeness (QED) is 0.851. The first-order valence-corrected chi connectivity index (χ1v) is 8.01. The minimum absolute atomic E-state index is 0.282. The topological polar surface area (TPSA) is 76.1 Å². The van der Waals surface area contributed by atoms with Crippen LogP contribution in [0, 0.1) is 19.8 Å². The van der Waals surface area contributed by atoms with Crippen LogP contribution in [0.4, 0.5) is 10.5 Å². The van der Waals surface area contributed by atoms with E-state index in [-0.39, 0.29) is 12.6 Å². The smallest absolute Gasteiger partial charge is 0.319 e. The molecule has 0 aliphatic rings. The number of anilines is 1. The fourth-order valence-corrected chi connectivity index (χ4v) is 2.11. The van der Waals surface area contributed by atoms with Gasteiger partial charge in [-0.05, 0) is 50.1 Å². The van der Waals surface area contributed by atoms with E-state index in [0.29, 0.717) is 24.0 Å². The highest BCUT2D eigenvalue weighted by Gasteiger charge is 2.05. The molecule has 0 saturated heterocycles. The van der Waals surface area contributed by atoms with E-state index in [9.17, 15) is 4.79 Å². The average Bonchev–Trinajstić information content (AvgIpc) is 2.51. The largest absolute Gasteiger partial charge is 0.493 e. The highest BCUT2D eigenvalue weighted by atomic mass is 16.5. The highest BCUT2D eigenvalue weighted by Crippen LogP contribution is 2.16. The normalized spacial score (nSPS) is 10.5. The first kappa shape index (κ1) is 17.7. The maximum absolute atomic E-state index is 11.9. The molecule has 1 aromatic heterocycles. The van der Waals surface area contributed by atoms with Gasteiger partial charge in [0.2, 0.25) is 0 Å². The van der Waals surface area contributed by atoms with Crippen LogP contribution in [0.15, 0.2) is 30.3 Å². The van der Waals surface area contributed by atoms with E-state index < -0.39 is 0 Å². The lowest BCUT2D eigenvalue weighted by Crippen LogP contribution is -2.29. The average molecular weight is 328 g/mol. The zero-order valence-electron chi connectivity index (χ0n) is 14.6. The second kappa shape index (κ2) is 8.29. The summed E-state index contributed by atoms with van der Waals surface area (Å²) in [7, 11) is 0. The van der Waals surface area contributed by atoms with Gasteiger partial charge in [-0.2, -0.15) is 0 Å². The molecule has 2 amide bonds. The van der Waals surface area contributed by atoms with Crippen molar-refractivity contribution in [1.82, 2.24) is 15.3 Å². The van der Waals surface area contributed by atoms with Gasteiger partial charge in [-0.1, -0.05) is 13.8 Å². The third-order valence-corrected chi connectivity index (χ3v) is 3.13. The number of hydrogen-bond acceptors (Lipinski definition) is 4. The number of aryl methyl sites for hydroxylation is 2. The van der Waals surface area contributed by atoms with E-state index in [1.54, 1.807) is 0 Å². The lowest BCUT2D eigenvalue weighted by Gasteiger charge is -2.10. The Morgan fingerprint density at radius 2 is 1.75 bits per heavy atom. The monoisotopic (exact) mass is 328 g/mol. The van der Waals surface area contributed by atoms with Gasteiger partial charge in [-0.3, -0.25) is 0 Å². The van der Waals surface area contributed by atoms with Crippen molar-refractivity contribution in [2.24, 2.45) is 5.92 Å². The molecule has 128 valence electrons. The number of benzene rings is 1. The number of aromatic nitrogens is 2. The van der Waals surface area contributed by atoms with Crippen molar-refractivity contribution in [3.05, 3.63) is 47.5 Å². The van der Waals surface area contributed by atoms with E-state index >= 15 is 0 Å². The fourth-order valence-electron chi connectivity index (χ4n) is 2.11. The van der Waals surface area contributed by atoms with E-state index in [1.165, 1.54) is 0 Å². The molecular formula is C18H24N4O2. The van der Waals surface area contributed by atoms with E-state index in [1.807, 2.05) is 44.2 Å². The number of rotatable bonds is 6. The number of amides is 2. The predicted octanol–water partition coefficient (Wildman–Crippen LogP) is 3.45. The molecule has 0 spiro atoms. The molecule has 1 heterocycles. The SMILES string of the molecule is Cc1cc(C)nc(CNC(=O)Nc2ccc(OCC(C)C)cc2)n1. The van der Waals surface area contributed by atoms with Crippen LogP contribution in [0.1, 0.15) is 31.1 Å². The second-order valence-corrected chi connectivity index (χ2v) is 6.10. The minimum atomic E-state index is -0.298. The molecule has 1 aromatic carbocycles. The Balaban J connectivity index is 1.83. The lowest BCUT2D eigenvalue weighted by molar-refractivity contribution is 0.251. The summed E-state index contributed by atoms with van der Waals surface area (Å²) < 4.78 is 5.61. The van der Waals surface area contributed by atoms with Crippen molar-refractivity contribution >= 4 is 11.7 Å². The van der Waals surface area contributed by atoms with Crippen LogP contribution >= 0.6 is 0 Å². The number of urea groups is 1. The molecule has 0 atom stereocenters. The highest BCUT2D eigenvalue weighted by molar-refractivity contribution is 5.89. The zero-order valence-corrected chi connectivity index (χ0v) is 14.6. The Bertz CT molecular complexity index is 664. The number of nitrogens with one attached hydrogen (secondary N) is 2. The van der Waals surface area contributed by atoms with Gasteiger partial charge in [-0.25, -0.2) is 14.8 Å². The first-order chi connectivity index (χ1) is 11.4. The number of ether oxygens (including phenoxy) is 1. The summed E-state index contributed by atoms with van der Waals surface area (Å²) in [5.41, 5.74) is 2.47. The van der Waals surface area contributed by atoms with Gasteiger partial charge in [0, 0.05) is 17.1 Å². The van der Waals surface area contributed by atoms with Crippen molar-refractivity contribution < 1.29 is 9.53 Å². The van der Waals surface area contributed by atoms with Crippen molar-refractivity contribution in [3.63, 3.8) is 0 Å². The molecule has 0 aliphatic heterocycles. The van der Waals surface area contributed by atoms with Crippen LogP contribution in [0.3, 0.4) is 0 Å². The van der Waals surface area contributed by atoms with Gasteiger partial charge in [0.15, 0.2) is 0 Å². The van der Waals surface area contributed by atoms with Gasteiger partial charge >= 0.3 is 6.03 Å². The molecule has 24 heavy (non-hydrogen) atoms. The Labute approximate surface area is 142 Å². The molecule has 0 unspecified atom stereocenters. The van der Waals surface area contributed by atoms with Crippen LogP contribution in [-0.4, -0.2) is 22.6 Å². The molecule has 0 aliphatic carbocycles. The summed E-state index contributed by atoms with van der Waals surface area (Å²) in [5.74, 6) is 1.86. The summed E-state index contributed by atoms with van der Waals surface area (Å²) in [5, 5.41) is 5.52. The Morgan fingerprint density at radius 3 is 2.33 bits per heavy atom. The van der Waals surface area contributed by atoms with Crippen LogP contribution in [0.5, 0.6) is 5.75 Å². The molecule has 6 heteroatoms. The Hall–Kier alpha value is -2.63. The van der Waals surface area contributed by atoms with E-state index in [2.05, 4.69) is 34.4 Å².